The number of nitrogens with one attached hydrogen (secondary N) is 1. The Morgan fingerprint density at radius 2 is 1.83 bits per heavy atom. The number of aromatic amines is 1. The molecule has 24 heavy (non-hydrogen) atoms. The highest BCUT2D eigenvalue weighted by Crippen LogP contribution is 2.15. The molecule has 1 aromatic carbocycles. The zero-order valence-electron chi connectivity index (χ0n) is 14.0. The molecule has 1 aliphatic heterocycles. The van der Waals surface area contributed by atoms with Crippen molar-refractivity contribution in [3.8, 4) is 0 Å². The number of rotatable bonds is 1. The molecule has 2 heterocycles. The largest absolute Gasteiger partial charge is 0.368 e. The number of imidazole rings is 1. The summed E-state index contributed by atoms with van der Waals surface area (Å²) in [7, 11) is 0. The lowest BCUT2D eigenvalue weighted by atomic mass is 10.0. The second kappa shape index (κ2) is 10.3. The van der Waals surface area contributed by atoms with Crippen LogP contribution in [0.25, 0.3) is 11.0 Å². The highest BCUT2D eigenvalue weighted by atomic mass is 35.5. The summed E-state index contributed by atoms with van der Waals surface area (Å²) in [6, 6.07) is 5.56. The van der Waals surface area contributed by atoms with Crippen LogP contribution in [0.3, 0.4) is 0 Å². The number of H-pyrrole nitrogens is 1. The van der Waals surface area contributed by atoms with E-state index in [1.165, 1.54) is 38.5 Å². The van der Waals surface area contributed by atoms with Gasteiger partial charge in [-0.1, -0.05) is 50.1 Å². The monoisotopic (exact) mass is 351 g/mol. The zero-order valence-corrected chi connectivity index (χ0v) is 14.7. The van der Waals surface area contributed by atoms with E-state index in [-0.39, 0.29) is 12.0 Å². The van der Waals surface area contributed by atoms with Crippen molar-refractivity contribution in [3.05, 3.63) is 29.5 Å². The van der Waals surface area contributed by atoms with Crippen LogP contribution in [0.5, 0.6) is 0 Å². The first-order chi connectivity index (χ1) is 11.7. The first kappa shape index (κ1) is 18.7. The number of carbonyl (C=O) groups is 1. The average molecular weight is 352 g/mol. The summed E-state index contributed by atoms with van der Waals surface area (Å²) in [4.78, 5) is 17.3. The van der Waals surface area contributed by atoms with Gasteiger partial charge in [0, 0.05) is 11.6 Å². The van der Waals surface area contributed by atoms with Crippen LogP contribution in [0.15, 0.2) is 24.5 Å². The van der Waals surface area contributed by atoms with Gasteiger partial charge >= 0.3 is 0 Å². The molecule has 0 unspecified atom stereocenters. The molecule has 1 amide bonds. The Labute approximate surface area is 147 Å². The number of aromatic nitrogens is 2. The lowest BCUT2D eigenvalue weighted by Crippen LogP contribution is -2.27. The molecule has 0 radical (unpaired) electrons. The molecule has 2 aliphatic rings. The topological polar surface area (TPSA) is 81.0 Å². The number of nitrogens with zero attached hydrogens (tertiary/aromatic N) is 1. The molecule has 2 aromatic rings. The summed E-state index contributed by atoms with van der Waals surface area (Å²) in [6.07, 6.45) is 12.1. The molecule has 1 aliphatic carbocycles. The van der Waals surface area contributed by atoms with E-state index in [1.54, 1.807) is 6.33 Å². The summed E-state index contributed by atoms with van der Waals surface area (Å²) in [6.45, 7) is 0.688. The number of ether oxygens (including phenoxy) is 1. The maximum Gasteiger partial charge on any atom is 0.246 e. The molecule has 1 atom stereocenters. The van der Waals surface area contributed by atoms with Crippen molar-refractivity contribution in [3.63, 3.8) is 0 Å². The number of halogens is 1. The molecule has 5 nitrogen and oxygen atoms in total. The Hall–Kier alpha value is -1.59. The van der Waals surface area contributed by atoms with Crippen LogP contribution >= 0.6 is 11.6 Å². The quantitative estimate of drug-likeness (QED) is 0.807. The third-order valence-electron chi connectivity index (χ3n) is 4.13. The van der Waals surface area contributed by atoms with Crippen molar-refractivity contribution in [2.24, 2.45) is 5.73 Å². The van der Waals surface area contributed by atoms with Gasteiger partial charge in [-0.3, -0.25) is 4.79 Å². The van der Waals surface area contributed by atoms with E-state index in [2.05, 4.69) is 9.97 Å². The maximum atomic E-state index is 10.3. The Bertz CT molecular complexity index is 608. The van der Waals surface area contributed by atoms with E-state index in [4.69, 9.17) is 22.1 Å². The van der Waals surface area contributed by atoms with Gasteiger partial charge in [-0.25, -0.2) is 4.98 Å². The van der Waals surface area contributed by atoms with E-state index < -0.39 is 0 Å². The number of hydrogen-bond acceptors (Lipinski definition) is 3. The maximum absolute atomic E-state index is 10.3. The predicted molar refractivity (Wildman–Crippen MR) is 97.0 cm³/mol. The Morgan fingerprint density at radius 3 is 2.33 bits per heavy atom. The molecule has 1 saturated carbocycles. The molecule has 6 heteroatoms. The number of benzene rings is 1. The van der Waals surface area contributed by atoms with Crippen molar-refractivity contribution in [1.82, 2.24) is 9.97 Å². The second-order valence-electron chi connectivity index (χ2n) is 6.09. The van der Waals surface area contributed by atoms with E-state index in [1.807, 2.05) is 18.2 Å². The number of nitrogens with two attached hydrogens (primary N) is 1. The molecule has 2 fully saturated rings. The van der Waals surface area contributed by atoms with E-state index in [0.717, 1.165) is 28.9 Å². The van der Waals surface area contributed by atoms with Crippen molar-refractivity contribution in [2.75, 3.05) is 6.61 Å². The number of carbonyl (C=O) groups excluding carboxylic acids is 1. The molecule has 4 rings (SSSR count). The first-order valence-corrected chi connectivity index (χ1v) is 9.04. The van der Waals surface area contributed by atoms with Crippen LogP contribution < -0.4 is 5.73 Å². The fourth-order valence-electron chi connectivity index (χ4n) is 2.77. The van der Waals surface area contributed by atoms with Gasteiger partial charge in [0.05, 0.1) is 17.4 Å². The van der Waals surface area contributed by atoms with Gasteiger partial charge in [-0.2, -0.15) is 0 Å². The summed E-state index contributed by atoms with van der Waals surface area (Å²) < 4.78 is 4.94. The van der Waals surface area contributed by atoms with Crippen LogP contribution in [-0.2, 0) is 9.53 Å². The molecular formula is C18H26ClN3O2. The van der Waals surface area contributed by atoms with Crippen molar-refractivity contribution >= 4 is 28.5 Å². The Balaban J connectivity index is 0.000000135. The Morgan fingerprint density at radius 1 is 1.17 bits per heavy atom. The van der Waals surface area contributed by atoms with Gasteiger partial charge in [0.2, 0.25) is 5.91 Å². The normalized spacial score (nSPS) is 19.8. The fourth-order valence-corrected chi connectivity index (χ4v) is 2.94. The van der Waals surface area contributed by atoms with Gasteiger partial charge in [-0.15, -0.1) is 0 Å². The summed E-state index contributed by atoms with van der Waals surface area (Å²) in [5, 5.41) is 0.733. The van der Waals surface area contributed by atoms with Crippen molar-refractivity contribution in [2.45, 2.75) is 57.5 Å². The van der Waals surface area contributed by atoms with Gasteiger partial charge in [0.1, 0.15) is 6.10 Å². The summed E-state index contributed by atoms with van der Waals surface area (Å²) in [5.74, 6) is -0.331. The minimum atomic E-state index is -0.331. The van der Waals surface area contributed by atoms with Crippen LogP contribution in [-0.4, -0.2) is 28.6 Å². The number of amides is 1. The first-order valence-electron chi connectivity index (χ1n) is 8.66. The average Bonchev–Trinajstić information content (AvgIpc) is 3.29. The lowest BCUT2D eigenvalue weighted by Gasteiger charge is -2.05. The van der Waals surface area contributed by atoms with Gasteiger partial charge in [-0.05, 0) is 31.0 Å². The van der Waals surface area contributed by atoms with Crippen LogP contribution in [0.2, 0.25) is 5.02 Å². The molecule has 1 aromatic heterocycles. The van der Waals surface area contributed by atoms with Crippen LogP contribution in [0.4, 0.5) is 0 Å². The second-order valence-corrected chi connectivity index (χ2v) is 6.53. The number of fused-ring (bicyclic) bond motifs is 1. The SMILES string of the molecule is C1CCCCC1.Clc1ccc2nc[nH]c2c1.NC(=O)[C@@H]1CCCO1. The zero-order chi connectivity index (χ0) is 17.2. The van der Waals surface area contributed by atoms with Gasteiger partial charge in [0.15, 0.2) is 0 Å². The highest BCUT2D eigenvalue weighted by Gasteiger charge is 2.19. The van der Waals surface area contributed by atoms with Crippen LogP contribution in [0.1, 0.15) is 51.4 Å². The van der Waals surface area contributed by atoms with Gasteiger partial charge < -0.3 is 15.5 Å². The highest BCUT2D eigenvalue weighted by molar-refractivity contribution is 6.31. The summed E-state index contributed by atoms with van der Waals surface area (Å²) >= 11 is 5.73. The van der Waals surface area contributed by atoms with Crippen molar-refractivity contribution in [1.29, 1.82) is 0 Å². The molecular weight excluding hydrogens is 326 g/mol. The van der Waals surface area contributed by atoms with Crippen molar-refractivity contribution < 1.29 is 9.53 Å². The lowest BCUT2D eigenvalue weighted by molar-refractivity contribution is -0.126. The number of primary amides is 1. The predicted octanol–water partition coefficient (Wildman–Crippen LogP) is 4.21. The minimum absolute atomic E-state index is 0.296. The standard InChI is InChI=1S/C7H5ClN2.C6H12.C5H9NO2/c8-5-1-2-6-7(3-5)10-4-9-6;1-2-4-6-5-3-1;6-5(7)4-2-1-3-8-4/h1-4H,(H,9,10);1-6H2;4H,1-3H2,(H2,6,7)/t;;4-/m..0/s1. The van der Waals surface area contributed by atoms with Crippen LogP contribution in [0, 0.1) is 0 Å². The van der Waals surface area contributed by atoms with E-state index in [9.17, 15) is 4.79 Å². The summed E-state index contributed by atoms with van der Waals surface area (Å²) in [5.41, 5.74) is 6.86. The molecule has 1 saturated heterocycles. The number of hydrogen-bond donors (Lipinski definition) is 2. The minimum Gasteiger partial charge on any atom is -0.368 e. The molecule has 3 N–H and O–H groups in total. The smallest absolute Gasteiger partial charge is 0.246 e. The van der Waals surface area contributed by atoms with E-state index in [0.29, 0.717) is 6.61 Å². The van der Waals surface area contributed by atoms with Gasteiger partial charge in [0.25, 0.3) is 0 Å². The molecule has 0 bridgehead atoms. The third kappa shape index (κ3) is 6.49. The third-order valence-corrected chi connectivity index (χ3v) is 4.36. The molecule has 0 spiro atoms. The van der Waals surface area contributed by atoms with E-state index >= 15 is 0 Å². The molecule has 132 valence electrons. The fraction of sp³-hybridized carbons (Fsp3) is 0.556. The Kier molecular flexibility index (Phi) is 8.05.